The first-order valence-electron chi connectivity index (χ1n) is 7.89. The number of carboxylic acid groups (broad SMARTS) is 1. The van der Waals surface area contributed by atoms with Crippen LogP contribution in [-0.4, -0.2) is 39.7 Å². The molecule has 1 aliphatic rings. The molecule has 0 atom stereocenters. The number of benzene rings is 1. The highest BCUT2D eigenvalue weighted by Crippen LogP contribution is 2.32. The first-order valence-corrected chi connectivity index (χ1v) is 7.89. The molecule has 0 bridgehead atoms. The SMILES string of the molecule is Cc1c(CC(=O)O)c2cc(O)c(F)cc2n1C(=O)C1CCNCC1. The molecule has 1 saturated heterocycles. The second-order valence-electron chi connectivity index (χ2n) is 6.15. The molecule has 1 fully saturated rings. The van der Waals surface area contributed by atoms with Crippen LogP contribution in [0.15, 0.2) is 12.1 Å². The van der Waals surface area contributed by atoms with E-state index in [0.717, 1.165) is 19.2 Å². The number of carbonyl (C=O) groups is 2. The topological polar surface area (TPSA) is 91.6 Å². The van der Waals surface area contributed by atoms with Gasteiger partial charge in [-0.3, -0.25) is 14.2 Å². The molecule has 0 amide bonds. The molecule has 1 aromatic heterocycles. The van der Waals surface area contributed by atoms with Gasteiger partial charge in [0.2, 0.25) is 5.91 Å². The number of hydrogen-bond donors (Lipinski definition) is 3. The smallest absolute Gasteiger partial charge is 0.307 e. The molecule has 0 spiro atoms. The Balaban J connectivity index is 2.18. The van der Waals surface area contributed by atoms with Crippen molar-refractivity contribution in [3.8, 4) is 5.75 Å². The zero-order valence-electron chi connectivity index (χ0n) is 13.3. The predicted octanol–water partition coefficient (Wildman–Crippen LogP) is 2.06. The minimum Gasteiger partial charge on any atom is -0.505 e. The number of rotatable bonds is 3. The van der Waals surface area contributed by atoms with Gasteiger partial charge in [0.15, 0.2) is 11.6 Å². The fourth-order valence-corrected chi connectivity index (χ4v) is 3.40. The first kappa shape index (κ1) is 16.4. The minimum atomic E-state index is -1.05. The Kier molecular flexibility index (Phi) is 4.28. The van der Waals surface area contributed by atoms with Crippen molar-refractivity contribution in [1.82, 2.24) is 9.88 Å². The average Bonchev–Trinajstić information content (AvgIpc) is 2.80. The van der Waals surface area contributed by atoms with Crippen molar-refractivity contribution in [1.29, 1.82) is 0 Å². The van der Waals surface area contributed by atoms with Crippen LogP contribution in [0, 0.1) is 18.7 Å². The van der Waals surface area contributed by atoms with E-state index in [4.69, 9.17) is 5.11 Å². The van der Waals surface area contributed by atoms with Gasteiger partial charge in [0.1, 0.15) is 0 Å². The maximum atomic E-state index is 13.8. The number of nitrogens with zero attached hydrogens (tertiary/aromatic N) is 1. The number of fused-ring (bicyclic) bond motifs is 1. The molecule has 3 N–H and O–H groups in total. The van der Waals surface area contributed by atoms with Gasteiger partial charge in [-0.2, -0.15) is 0 Å². The highest BCUT2D eigenvalue weighted by Gasteiger charge is 2.27. The molecule has 0 radical (unpaired) electrons. The molecule has 7 heteroatoms. The van der Waals surface area contributed by atoms with Crippen molar-refractivity contribution in [2.45, 2.75) is 26.2 Å². The van der Waals surface area contributed by atoms with Crippen molar-refractivity contribution < 1.29 is 24.2 Å². The number of halogens is 1. The van der Waals surface area contributed by atoms with Gasteiger partial charge in [-0.15, -0.1) is 0 Å². The van der Waals surface area contributed by atoms with E-state index < -0.39 is 17.5 Å². The van der Waals surface area contributed by atoms with Crippen molar-refractivity contribution in [3.63, 3.8) is 0 Å². The third-order valence-corrected chi connectivity index (χ3v) is 4.64. The molecule has 2 aromatic rings. The van der Waals surface area contributed by atoms with Gasteiger partial charge in [-0.05, 0) is 44.5 Å². The summed E-state index contributed by atoms with van der Waals surface area (Å²) in [5, 5.41) is 22.4. The predicted molar refractivity (Wildman–Crippen MR) is 85.9 cm³/mol. The molecular weight excluding hydrogens is 315 g/mol. The normalized spacial score (nSPS) is 15.8. The van der Waals surface area contributed by atoms with E-state index in [0.29, 0.717) is 35.0 Å². The van der Waals surface area contributed by atoms with Crippen molar-refractivity contribution in [2.75, 3.05) is 13.1 Å². The Labute approximate surface area is 137 Å². The van der Waals surface area contributed by atoms with Gasteiger partial charge < -0.3 is 15.5 Å². The van der Waals surface area contributed by atoms with Crippen LogP contribution >= 0.6 is 0 Å². The Bertz CT molecular complexity index is 822. The number of carbonyl (C=O) groups excluding carboxylic acids is 1. The Morgan fingerprint density at radius 3 is 2.62 bits per heavy atom. The van der Waals surface area contributed by atoms with Crippen LogP contribution in [0.1, 0.15) is 28.9 Å². The van der Waals surface area contributed by atoms with Crippen LogP contribution in [0.4, 0.5) is 4.39 Å². The molecule has 2 heterocycles. The molecule has 128 valence electrons. The molecule has 1 aromatic carbocycles. The fraction of sp³-hybridized carbons (Fsp3) is 0.412. The summed E-state index contributed by atoms with van der Waals surface area (Å²) >= 11 is 0. The zero-order chi connectivity index (χ0) is 17.4. The summed E-state index contributed by atoms with van der Waals surface area (Å²) < 4.78 is 15.2. The second-order valence-corrected chi connectivity index (χ2v) is 6.15. The Hall–Kier alpha value is -2.41. The van der Waals surface area contributed by atoms with E-state index in [-0.39, 0.29) is 18.2 Å². The summed E-state index contributed by atoms with van der Waals surface area (Å²) in [6.07, 6.45) is 1.08. The lowest BCUT2D eigenvalue weighted by Crippen LogP contribution is -2.34. The Morgan fingerprint density at radius 1 is 1.33 bits per heavy atom. The summed E-state index contributed by atoms with van der Waals surface area (Å²) in [6, 6.07) is 2.30. The maximum Gasteiger partial charge on any atom is 0.307 e. The molecule has 1 aliphatic heterocycles. The quantitative estimate of drug-likeness (QED) is 0.799. The van der Waals surface area contributed by atoms with Gasteiger partial charge in [0, 0.05) is 23.1 Å². The molecule has 0 aliphatic carbocycles. The average molecular weight is 334 g/mol. The second kappa shape index (κ2) is 6.24. The number of piperidine rings is 1. The summed E-state index contributed by atoms with van der Waals surface area (Å²) in [6.45, 7) is 3.14. The van der Waals surface area contributed by atoms with E-state index in [1.54, 1.807) is 6.92 Å². The van der Waals surface area contributed by atoms with E-state index in [1.807, 2.05) is 0 Å². The van der Waals surface area contributed by atoms with E-state index in [9.17, 15) is 19.1 Å². The molecule has 0 saturated carbocycles. The van der Waals surface area contributed by atoms with Crippen LogP contribution < -0.4 is 5.32 Å². The summed E-state index contributed by atoms with van der Waals surface area (Å²) in [7, 11) is 0. The molecule has 3 rings (SSSR count). The van der Waals surface area contributed by atoms with Gasteiger partial charge >= 0.3 is 5.97 Å². The lowest BCUT2D eigenvalue weighted by atomic mass is 9.97. The third kappa shape index (κ3) is 2.75. The number of aliphatic carboxylic acids is 1. The number of phenols is 1. The molecule has 6 nitrogen and oxygen atoms in total. The summed E-state index contributed by atoms with van der Waals surface area (Å²) in [4.78, 5) is 24.1. The van der Waals surface area contributed by atoms with Crippen molar-refractivity contribution in [2.24, 2.45) is 5.92 Å². The van der Waals surface area contributed by atoms with Crippen LogP contribution in [0.3, 0.4) is 0 Å². The van der Waals surface area contributed by atoms with E-state index in [1.165, 1.54) is 10.6 Å². The largest absolute Gasteiger partial charge is 0.505 e. The number of nitrogens with one attached hydrogen (secondary N) is 1. The monoisotopic (exact) mass is 334 g/mol. The minimum absolute atomic E-state index is 0.152. The van der Waals surface area contributed by atoms with Crippen LogP contribution in [0.2, 0.25) is 0 Å². The van der Waals surface area contributed by atoms with E-state index >= 15 is 0 Å². The van der Waals surface area contributed by atoms with Crippen molar-refractivity contribution >= 4 is 22.8 Å². The van der Waals surface area contributed by atoms with Crippen LogP contribution in [-0.2, 0) is 11.2 Å². The number of aromatic nitrogens is 1. The highest BCUT2D eigenvalue weighted by molar-refractivity contribution is 5.98. The van der Waals surface area contributed by atoms with Gasteiger partial charge in [0.05, 0.1) is 11.9 Å². The number of phenolic OH excluding ortho intramolecular Hbond substituents is 1. The van der Waals surface area contributed by atoms with Crippen LogP contribution in [0.25, 0.3) is 10.9 Å². The lowest BCUT2D eigenvalue weighted by Gasteiger charge is -2.22. The summed E-state index contributed by atoms with van der Waals surface area (Å²) in [5.74, 6) is -2.77. The highest BCUT2D eigenvalue weighted by atomic mass is 19.1. The lowest BCUT2D eigenvalue weighted by molar-refractivity contribution is -0.136. The van der Waals surface area contributed by atoms with Gasteiger partial charge in [0.25, 0.3) is 0 Å². The summed E-state index contributed by atoms with van der Waals surface area (Å²) in [5.41, 5.74) is 1.22. The maximum absolute atomic E-state index is 13.8. The van der Waals surface area contributed by atoms with Gasteiger partial charge in [-0.1, -0.05) is 0 Å². The van der Waals surface area contributed by atoms with Crippen molar-refractivity contribution in [3.05, 3.63) is 29.2 Å². The number of hydrogen-bond acceptors (Lipinski definition) is 4. The molecular formula is C17H19FN2O4. The fourth-order valence-electron chi connectivity index (χ4n) is 3.40. The van der Waals surface area contributed by atoms with Gasteiger partial charge in [-0.25, -0.2) is 4.39 Å². The first-order chi connectivity index (χ1) is 11.4. The molecule has 24 heavy (non-hydrogen) atoms. The van der Waals surface area contributed by atoms with E-state index in [2.05, 4.69) is 5.32 Å². The third-order valence-electron chi connectivity index (χ3n) is 4.64. The van der Waals surface area contributed by atoms with Crippen LogP contribution in [0.5, 0.6) is 5.75 Å². The number of aromatic hydroxyl groups is 1. The molecule has 0 unspecified atom stereocenters. The standard InChI is InChI=1S/C17H19FN2O4/c1-9-11(7-16(22)23)12-6-15(21)13(18)8-14(12)20(9)17(24)10-2-4-19-5-3-10/h6,8,10,19,21H,2-5,7H2,1H3,(H,22,23). The Morgan fingerprint density at radius 2 is 2.00 bits per heavy atom. The number of carboxylic acids is 1. The zero-order valence-corrected chi connectivity index (χ0v) is 13.3.